The molecule has 1 aliphatic heterocycles. The standard InChI is InChI=1S/C26H25N3O5/c1-4-33-20-10-8-16(13-21(20)32-3)25-22-23(18-12-15(2)7-9-19(18)30)27-28-24(22)26(31)29(25)14-17-6-5-11-34-17/h5-13,25,30H,4,14H2,1-3H3,(H,27,28)/t25-/m0/s1. The first-order valence-corrected chi connectivity index (χ1v) is 11.0. The summed E-state index contributed by atoms with van der Waals surface area (Å²) < 4.78 is 16.8. The van der Waals surface area contributed by atoms with Crippen molar-refractivity contribution < 1.29 is 23.8 Å². The van der Waals surface area contributed by atoms with E-state index < -0.39 is 6.04 Å². The molecule has 0 aliphatic carbocycles. The third-order valence-corrected chi connectivity index (χ3v) is 5.98. The minimum atomic E-state index is -0.481. The summed E-state index contributed by atoms with van der Waals surface area (Å²) in [5, 5.41) is 18.0. The van der Waals surface area contributed by atoms with Crippen molar-refractivity contribution in [2.24, 2.45) is 0 Å². The monoisotopic (exact) mass is 459 g/mol. The minimum Gasteiger partial charge on any atom is -0.507 e. The first kappa shape index (κ1) is 21.6. The topological polar surface area (TPSA) is 101 Å². The van der Waals surface area contributed by atoms with Crippen LogP contribution in [-0.4, -0.2) is 39.8 Å². The number of aromatic nitrogens is 2. The Bertz CT molecular complexity index is 1340. The Morgan fingerprint density at radius 3 is 2.76 bits per heavy atom. The van der Waals surface area contributed by atoms with E-state index in [1.807, 2.05) is 50.2 Å². The molecule has 0 saturated carbocycles. The predicted octanol–water partition coefficient (Wildman–Crippen LogP) is 4.84. The Kier molecular flexibility index (Phi) is 5.49. The number of nitrogens with zero attached hydrogens (tertiary/aromatic N) is 2. The van der Waals surface area contributed by atoms with Crippen LogP contribution in [-0.2, 0) is 6.54 Å². The number of amides is 1. The van der Waals surface area contributed by atoms with Crippen molar-refractivity contribution >= 4 is 5.91 Å². The molecule has 0 bridgehead atoms. The second kappa shape index (κ2) is 8.62. The van der Waals surface area contributed by atoms with Gasteiger partial charge in [-0.2, -0.15) is 5.10 Å². The number of H-pyrrole nitrogens is 1. The van der Waals surface area contributed by atoms with Crippen LogP contribution in [0.15, 0.2) is 59.2 Å². The lowest BCUT2D eigenvalue weighted by Gasteiger charge is -2.26. The largest absolute Gasteiger partial charge is 0.507 e. The van der Waals surface area contributed by atoms with E-state index in [2.05, 4.69) is 10.2 Å². The lowest BCUT2D eigenvalue weighted by molar-refractivity contribution is 0.0716. The number of carbonyl (C=O) groups is 1. The summed E-state index contributed by atoms with van der Waals surface area (Å²) in [5.41, 5.74) is 3.98. The van der Waals surface area contributed by atoms with Crippen molar-refractivity contribution in [3.63, 3.8) is 0 Å². The van der Waals surface area contributed by atoms with Gasteiger partial charge in [0.1, 0.15) is 22.9 Å². The van der Waals surface area contributed by atoms with E-state index in [4.69, 9.17) is 13.9 Å². The third-order valence-electron chi connectivity index (χ3n) is 5.98. The fourth-order valence-electron chi connectivity index (χ4n) is 4.45. The van der Waals surface area contributed by atoms with E-state index in [0.29, 0.717) is 46.4 Å². The number of ether oxygens (including phenoxy) is 2. The molecule has 0 unspecified atom stereocenters. The normalized spacial score (nSPS) is 15.0. The molecule has 2 aromatic carbocycles. The lowest BCUT2D eigenvalue weighted by atomic mass is 9.94. The highest BCUT2D eigenvalue weighted by Gasteiger charge is 2.43. The number of hydrogen-bond donors (Lipinski definition) is 2. The van der Waals surface area contributed by atoms with Gasteiger partial charge >= 0.3 is 0 Å². The van der Waals surface area contributed by atoms with Gasteiger partial charge < -0.3 is 23.9 Å². The highest BCUT2D eigenvalue weighted by atomic mass is 16.5. The zero-order valence-corrected chi connectivity index (χ0v) is 19.2. The van der Waals surface area contributed by atoms with Gasteiger partial charge in [-0.05, 0) is 55.8 Å². The molecular weight excluding hydrogens is 434 g/mol. The number of hydrogen-bond acceptors (Lipinski definition) is 6. The number of aromatic hydroxyl groups is 1. The summed E-state index contributed by atoms with van der Waals surface area (Å²) in [6.07, 6.45) is 1.59. The number of aryl methyl sites for hydroxylation is 1. The fourth-order valence-corrected chi connectivity index (χ4v) is 4.45. The molecule has 0 saturated heterocycles. The van der Waals surface area contributed by atoms with E-state index in [1.54, 1.807) is 30.4 Å². The van der Waals surface area contributed by atoms with Crippen molar-refractivity contribution in [3.8, 4) is 28.5 Å². The Hall–Kier alpha value is -4.20. The van der Waals surface area contributed by atoms with Gasteiger partial charge in [-0.1, -0.05) is 17.7 Å². The van der Waals surface area contributed by atoms with Crippen LogP contribution in [0, 0.1) is 6.92 Å². The summed E-state index contributed by atoms with van der Waals surface area (Å²) in [6, 6.07) is 14.1. The maximum Gasteiger partial charge on any atom is 0.273 e. The van der Waals surface area contributed by atoms with Crippen molar-refractivity contribution in [1.29, 1.82) is 0 Å². The number of phenols is 1. The minimum absolute atomic E-state index is 0.0971. The molecule has 2 N–H and O–H groups in total. The SMILES string of the molecule is CCOc1ccc([C@H]2c3c(-c4cc(C)ccc4O)n[nH]c3C(=O)N2Cc2ccco2)cc1OC. The number of fused-ring (bicyclic) bond motifs is 1. The number of carbonyl (C=O) groups excluding carboxylic acids is 1. The van der Waals surface area contributed by atoms with Gasteiger partial charge in [0.05, 0.1) is 32.6 Å². The summed E-state index contributed by atoms with van der Waals surface area (Å²) >= 11 is 0. The number of furan rings is 1. The second-order valence-corrected chi connectivity index (χ2v) is 8.14. The van der Waals surface area contributed by atoms with E-state index >= 15 is 0 Å². The zero-order valence-electron chi connectivity index (χ0n) is 19.2. The predicted molar refractivity (Wildman–Crippen MR) is 125 cm³/mol. The molecule has 0 spiro atoms. The average molecular weight is 460 g/mol. The van der Waals surface area contributed by atoms with E-state index in [-0.39, 0.29) is 18.2 Å². The Labute approximate surface area is 196 Å². The van der Waals surface area contributed by atoms with Gasteiger partial charge in [0.2, 0.25) is 0 Å². The van der Waals surface area contributed by atoms with Gasteiger partial charge in [-0.3, -0.25) is 9.89 Å². The highest BCUT2D eigenvalue weighted by molar-refractivity contribution is 6.00. The van der Waals surface area contributed by atoms with Gasteiger partial charge in [0, 0.05) is 11.1 Å². The number of aromatic amines is 1. The van der Waals surface area contributed by atoms with E-state index in [0.717, 1.165) is 11.1 Å². The molecule has 8 heteroatoms. The molecule has 0 fully saturated rings. The summed E-state index contributed by atoms with van der Waals surface area (Å²) in [7, 11) is 1.58. The number of phenolic OH excluding ortho intramolecular Hbond substituents is 1. The number of nitrogens with one attached hydrogen (secondary N) is 1. The van der Waals surface area contributed by atoms with E-state index in [1.165, 1.54) is 0 Å². The van der Waals surface area contributed by atoms with Gasteiger partial charge in [-0.25, -0.2) is 0 Å². The molecule has 3 heterocycles. The number of benzene rings is 2. The van der Waals surface area contributed by atoms with Crippen LogP contribution in [0.5, 0.6) is 17.2 Å². The summed E-state index contributed by atoms with van der Waals surface area (Å²) in [4.78, 5) is 15.3. The molecular formula is C26H25N3O5. The number of rotatable bonds is 7. The zero-order chi connectivity index (χ0) is 23.8. The fraction of sp³-hybridized carbons (Fsp3) is 0.231. The molecule has 1 atom stereocenters. The Balaban J connectivity index is 1.68. The molecule has 0 radical (unpaired) electrons. The average Bonchev–Trinajstić information content (AvgIpc) is 3.56. The highest BCUT2D eigenvalue weighted by Crippen LogP contribution is 2.46. The molecule has 1 amide bonds. The van der Waals surface area contributed by atoms with Crippen LogP contribution in [0.25, 0.3) is 11.3 Å². The molecule has 5 rings (SSSR count). The van der Waals surface area contributed by atoms with Crippen molar-refractivity contribution in [2.75, 3.05) is 13.7 Å². The Morgan fingerprint density at radius 1 is 1.18 bits per heavy atom. The van der Waals surface area contributed by atoms with Gasteiger partial charge in [0.15, 0.2) is 11.5 Å². The maximum absolute atomic E-state index is 13.5. The molecule has 1 aliphatic rings. The van der Waals surface area contributed by atoms with Crippen molar-refractivity contribution in [2.45, 2.75) is 26.4 Å². The second-order valence-electron chi connectivity index (χ2n) is 8.14. The summed E-state index contributed by atoms with van der Waals surface area (Å²) in [5.74, 6) is 1.76. The van der Waals surface area contributed by atoms with E-state index in [9.17, 15) is 9.90 Å². The van der Waals surface area contributed by atoms with Crippen LogP contribution in [0.1, 0.15) is 45.9 Å². The van der Waals surface area contributed by atoms with Crippen LogP contribution in [0.4, 0.5) is 0 Å². The Morgan fingerprint density at radius 2 is 2.03 bits per heavy atom. The maximum atomic E-state index is 13.5. The van der Waals surface area contributed by atoms with Crippen molar-refractivity contribution in [3.05, 3.63) is 82.9 Å². The third kappa shape index (κ3) is 3.57. The smallest absolute Gasteiger partial charge is 0.273 e. The molecule has 4 aromatic rings. The molecule has 8 nitrogen and oxygen atoms in total. The first-order chi connectivity index (χ1) is 16.5. The van der Waals surface area contributed by atoms with Crippen LogP contribution in [0.2, 0.25) is 0 Å². The lowest BCUT2D eigenvalue weighted by Crippen LogP contribution is -2.29. The van der Waals surface area contributed by atoms with Crippen molar-refractivity contribution in [1.82, 2.24) is 15.1 Å². The first-order valence-electron chi connectivity index (χ1n) is 11.0. The molecule has 34 heavy (non-hydrogen) atoms. The summed E-state index contributed by atoms with van der Waals surface area (Å²) in [6.45, 7) is 4.63. The quantitative estimate of drug-likeness (QED) is 0.410. The van der Waals surface area contributed by atoms with Crippen LogP contribution < -0.4 is 9.47 Å². The van der Waals surface area contributed by atoms with Crippen LogP contribution >= 0.6 is 0 Å². The van der Waals surface area contributed by atoms with Crippen LogP contribution in [0.3, 0.4) is 0 Å². The number of methoxy groups -OCH3 is 1. The van der Waals surface area contributed by atoms with Gasteiger partial charge in [-0.15, -0.1) is 0 Å². The van der Waals surface area contributed by atoms with Gasteiger partial charge in [0.25, 0.3) is 5.91 Å². The molecule has 174 valence electrons. The molecule has 2 aromatic heterocycles.